The van der Waals surface area contributed by atoms with Gasteiger partial charge in [-0.25, -0.2) is 5.14 Å². The quantitative estimate of drug-likeness (QED) is 0.519. The molecule has 11 heteroatoms. The van der Waals surface area contributed by atoms with Gasteiger partial charge in [-0.1, -0.05) is 0 Å². The zero-order chi connectivity index (χ0) is 16.4. The predicted molar refractivity (Wildman–Crippen MR) is 72.7 cm³/mol. The van der Waals surface area contributed by atoms with Crippen molar-refractivity contribution in [2.45, 2.75) is 63.4 Å². The van der Waals surface area contributed by atoms with Gasteiger partial charge in [0.1, 0.15) is 24.9 Å². The maximum absolute atomic E-state index is 11.1. The van der Waals surface area contributed by atoms with Gasteiger partial charge >= 0.3 is 39.9 Å². The van der Waals surface area contributed by atoms with Crippen molar-refractivity contribution in [2.24, 2.45) is 5.14 Å². The Hall–Kier alpha value is 0.670. The second kappa shape index (κ2) is 6.13. The molecule has 130 valence electrons. The topological polar surface area (TPSA) is 116 Å². The molecule has 9 nitrogen and oxygen atoms in total. The molecular formula is C12H22NNaO8S. The molecule has 0 aromatic heterocycles. The van der Waals surface area contributed by atoms with E-state index < -0.39 is 46.5 Å². The number of ether oxygens (including phenoxy) is 5. The van der Waals surface area contributed by atoms with Gasteiger partial charge in [0.2, 0.25) is 5.79 Å². The minimum atomic E-state index is -4.14. The molecule has 2 N–H and O–H groups in total. The maximum atomic E-state index is 11.1. The summed E-state index contributed by atoms with van der Waals surface area (Å²) in [5.74, 6) is -3.19. The molecule has 3 fully saturated rings. The van der Waals surface area contributed by atoms with E-state index in [9.17, 15) is 8.42 Å². The Kier molecular flexibility index (Phi) is 5.33. The summed E-state index contributed by atoms with van der Waals surface area (Å²) in [6, 6.07) is 0. The molecule has 0 unspecified atom stereocenters. The van der Waals surface area contributed by atoms with Crippen molar-refractivity contribution >= 4 is 10.3 Å². The Morgan fingerprint density at radius 3 is 2.43 bits per heavy atom. The van der Waals surface area contributed by atoms with E-state index in [0.29, 0.717) is 0 Å². The summed E-state index contributed by atoms with van der Waals surface area (Å²) < 4.78 is 55.9. The zero-order valence-electron chi connectivity index (χ0n) is 14.9. The van der Waals surface area contributed by atoms with Crippen LogP contribution in [0.4, 0.5) is 0 Å². The molecule has 3 saturated heterocycles. The van der Waals surface area contributed by atoms with Crippen LogP contribution in [-0.4, -0.2) is 57.3 Å². The van der Waals surface area contributed by atoms with Crippen molar-refractivity contribution in [1.29, 1.82) is 0 Å². The van der Waals surface area contributed by atoms with Crippen LogP contribution in [0.3, 0.4) is 0 Å². The average Bonchev–Trinajstić information content (AvgIpc) is 2.78. The summed E-state index contributed by atoms with van der Waals surface area (Å²) in [5.41, 5.74) is 0. The smallest absolute Gasteiger partial charge is 1.00 e. The molecule has 3 heterocycles. The van der Waals surface area contributed by atoms with E-state index in [0.717, 1.165) is 0 Å². The van der Waals surface area contributed by atoms with Gasteiger partial charge in [0.25, 0.3) is 0 Å². The van der Waals surface area contributed by atoms with Crippen molar-refractivity contribution < 1.29 is 67.3 Å². The van der Waals surface area contributed by atoms with Crippen LogP contribution in [-0.2, 0) is 38.2 Å². The Morgan fingerprint density at radius 1 is 1.17 bits per heavy atom. The summed E-state index contributed by atoms with van der Waals surface area (Å²) in [6.45, 7) is 6.71. The van der Waals surface area contributed by atoms with Crippen LogP contribution in [0.2, 0.25) is 0 Å². The number of rotatable bonds is 3. The molecule has 0 saturated carbocycles. The van der Waals surface area contributed by atoms with Crippen LogP contribution in [0.1, 0.15) is 29.1 Å². The normalized spacial score (nSPS) is 41.0. The second-order valence-corrected chi connectivity index (χ2v) is 7.78. The fourth-order valence-electron chi connectivity index (χ4n) is 3.11. The summed E-state index contributed by atoms with van der Waals surface area (Å²) in [5, 5.41) is 4.89. The van der Waals surface area contributed by atoms with Crippen molar-refractivity contribution in [2.75, 3.05) is 13.2 Å². The summed E-state index contributed by atoms with van der Waals surface area (Å²) >= 11 is 0. The van der Waals surface area contributed by atoms with Crippen molar-refractivity contribution in [1.82, 2.24) is 0 Å². The monoisotopic (exact) mass is 363 g/mol. The van der Waals surface area contributed by atoms with E-state index in [1.165, 1.54) is 0 Å². The molecule has 3 aliphatic rings. The van der Waals surface area contributed by atoms with Crippen molar-refractivity contribution in [3.63, 3.8) is 0 Å². The molecule has 0 aromatic carbocycles. The molecule has 0 radical (unpaired) electrons. The number of nitrogens with two attached hydrogens (primary N) is 1. The number of fused-ring (bicyclic) bond motifs is 3. The molecule has 4 atom stereocenters. The third kappa shape index (κ3) is 4.09. The van der Waals surface area contributed by atoms with Crippen LogP contribution in [0.15, 0.2) is 0 Å². The van der Waals surface area contributed by atoms with Crippen LogP contribution < -0.4 is 34.7 Å². The van der Waals surface area contributed by atoms with Gasteiger partial charge < -0.3 is 25.1 Å². The van der Waals surface area contributed by atoms with Crippen LogP contribution in [0, 0.1) is 0 Å². The third-order valence-electron chi connectivity index (χ3n) is 3.70. The van der Waals surface area contributed by atoms with Crippen molar-refractivity contribution in [3.05, 3.63) is 0 Å². The minimum absolute atomic E-state index is 0. The Bertz CT molecular complexity index is 573. The molecule has 0 amide bonds. The van der Waals surface area contributed by atoms with E-state index in [2.05, 4.69) is 0 Å². The van der Waals surface area contributed by atoms with E-state index in [-0.39, 0.29) is 43.7 Å². The van der Waals surface area contributed by atoms with Gasteiger partial charge in [0, 0.05) is 0 Å². The van der Waals surface area contributed by atoms with Gasteiger partial charge in [-0.3, -0.25) is 4.18 Å². The molecular weight excluding hydrogens is 341 g/mol. The Morgan fingerprint density at radius 2 is 1.83 bits per heavy atom. The summed E-state index contributed by atoms with van der Waals surface area (Å²) in [7, 11) is -4.14. The maximum Gasteiger partial charge on any atom is 1.00 e. The molecule has 0 spiro atoms. The Balaban J connectivity index is 0.00000144. The predicted octanol–water partition coefficient (Wildman–Crippen LogP) is -3.28. The SMILES string of the molecule is CC1(C)O[C@@H]2[C@@H](CO[C@@]3(COS(N)(=O)=O)OC(C)(C)O[C@@H]23)O1.[H-].[Na+]. The first-order chi connectivity index (χ1) is 9.92. The van der Waals surface area contributed by atoms with Gasteiger partial charge in [-0.2, -0.15) is 8.42 Å². The van der Waals surface area contributed by atoms with E-state index in [4.69, 9.17) is 33.0 Å². The first kappa shape index (κ1) is 20.0. The number of hydrogen-bond donors (Lipinski definition) is 1. The largest absolute Gasteiger partial charge is 1.00 e. The standard InChI is InChI=1S/C12H21NO8S.Na.H/c1-10(2)18-7-5-16-12(6-17-22(13,14)15)9(8(7)19-10)20-11(3,4)21-12;;/h7-9H,5-6H2,1-4H3,(H2,13,14,15);;/q;+1;-1/t7-,8-,9+,12+;;/m1../s1. The molecule has 3 rings (SSSR count). The van der Waals surface area contributed by atoms with Crippen LogP contribution in [0.5, 0.6) is 0 Å². The second-order valence-electron chi connectivity index (χ2n) is 6.56. The molecule has 3 aliphatic heterocycles. The van der Waals surface area contributed by atoms with Crippen LogP contribution in [0.25, 0.3) is 0 Å². The zero-order valence-corrected chi connectivity index (χ0v) is 16.7. The Labute approximate surface area is 159 Å². The molecule has 23 heavy (non-hydrogen) atoms. The van der Waals surface area contributed by atoms with Gasteiger partial charge in [-0.05, 0) is 27.7 Å². The van der Waals surface area contributed by atoms with E-state index >= 15 is 0 Å². The molecule has 0 bridgehead atoms. The molecule has 0 aromatic rings. The van der Waals surface area contributed by atoms with E-state index in [1.807, 2.05) is 0 Å². The first-order valence-electron chi connectivity index (χ1n) is 6.96. The average molecular weight is 363 g/mol. The number of hydrogen-bond acceptors (Lipinski definition) is 8. The van der Waals surface area contributed by atoms with Gasteiger partial charge in [0.05, 0.1) is 6.61 Å². The van der Waals surface area contributed by atoms with Crippen molar-refractivity contribution in [3.8, 4) is 0 Å². The fraction of sp³-hybridized carbons (Fsp3) is 1.00. The summed E-state index contributed by atoms with van der Waals surface area (Å²) in [4.78, 5) is 0. The third-order valence-corrected chi connectivity index (χ3v) is 4.15. The van der Waals surface area contributed by atoms with Gasteiger partial charge in [0.15, 0.2) is 11.6 Å². The molecule has 0 aliphatic carbocycles. The fourth-order valence-corrected chi connectivity index (χ4v) is 3.44. The minimum Gasteiger partial charge on any atom is -1.00 e. The first-order valence-corrected chi connectivity index (χ1v) is 8.43. The van der Waals surface area contributed by atoms with Crippen LogP contribution >= 0.6 is 0 Å². The van der Waals surface area contributed by atoms with E-state index in [1.54, 1.807) is 27.7 Å². The summed E-state index contributed by atoms with van der Waals surface area (Å²) in [6.07, 6.45) is -1.50. The van der Waals surface area contributed by atoms with Gasteiger partial charge in [-0.15, -0.1) is 0 Å².